The lowest BCUT2D eigenvalue weighted by Gasteiger charge is -2.18. The highest BCUT2D eigenvalue weighted by Gasteiger charge is 2.19. The molecule has 0 heterocycles. The predicted octanol–water partition coefficient (Wildman–Crippen LogP) is 21.1. The molecule has 1 unspecified atom stereocenters. The maximum atomic E-state index is 12.9. The van der Waals surface area contributed by atoms with Crippen molar-refractivity contribution in [3.05, 3.63) is 170 Å². The van der Waals surface area contributed by atoms with Gasteiger partial charge in [-0.25, -0.2) is 0 Å². The SMILES string of the molecule is CC/C=C\C/C=C\C/C=C\C/C=C\C/C=C\C/C=C\C/C=C\CCCC(=O)OCC(COC(=O)CCCC/C=C\C/C=C\C/C=C\C/C=C\CC)OC(=O)CCCCCCCC/C=C\C/C=C\C/C=C\CCCCCCC. The lowest BCUT2D eigenvalue weighted by atomic mass is 10.1. The molecule has 1 atom stereocenters. The van der Waals surface area contributed by atoms with Crippen molar-refractivity contribution in [2.24, 2.45) is 0 Å². The number of ether oxygens (including phenoxy) is 3. The zero-order valence-electron chi connectivity index (χ0n) is 49.1. The Hall–Kier alpha value is -5.23. The number of hydrogen-bond acceptors (Lipinski definition) is 6. The van der Waals surface area contributed by atoms with E-state index in [1.807, 2.05) is 0 Å². The molecular weight excluding hydrogens is 949 g/mol. The second kappa shape index (κ2) is 63.3. The van der Waals surface area contributed by atoms with Gasteiger partial charge in [-0.1, -0.05) is 242 Å². The van der Waals surface area contributed by atoms with Gasteiger partial charge in [-0.2, -0.15) is 0 Å². The van der Waals surface area contributed by atoms with Crippen LogP contribution < -0.4 is 0 Å². The molecule has 0 aromatic rings. The fourth-order valence-corrected chi connectivity index (χ4v) is 7.66. The van der Waals surface area contributed by atoms with Gasteiger partial charge < -0.3 is 14.2 Å². The number of hydrogen-bond donors (Lipinski definition) is 0. The van der Waals surface area contributed by atoms with Crippen LogP contribution in [0.1, 0.15) is 239 Å². The molecule has 430 valence electrons. The van der Waals surface area contributed by atoms with Gasteiger partial charge in [0.05, 0.1) is 0 Å². The number of esters is 3. The van der Waals surface area contributed by atoms with Gasteiger partial charge in [0.2, 0.25) is 0 Å². The van der Waals surface area contributed by atoms with E-state index in [0.29, 0.717) is 12.8 Å². The van der Waals surface area contributed by atoms with Gasteiger partial charge in [0, 0.05) is 19.3 Å². The van der Waals surface area contributed by atoms with Crippen molar-refractivity contribution in [3.63, 3.8) is 0 Å². The van der Waals surface area contributed by atoms with Crippen molar-refractivity contribution in [1.29, 1.82) is 0 Å². The lowest BCUT2D eigenvalue weighted by molar-refractivity contribution is -0.167. The number of rotatable bonds is 53. The molecule has 0 amide bonds. The van der Waals surface area contributed by atoms with Crippen LogP contribution in [0, 0.1) is 0 Å². The minimum Gasteiger partial charge on any atom is -0.462 e. The van der Waals surface area contributed by atoms with Crippen molar-refractivity contribution in [2.45, 2.75) is 245 Å². The summed E-state index contributed by atoms with van der Waals surface area (Å²) in [6.07, 6.45) is 93.5. The lowest BCUT2D eigenvalue weighted by Crippen LogP contribution is -2.30. The Bertz CT molecular complexity index is 1790. The molecule has 6 heteroatoms. The van der Waals surface area contributed by atoms with Crippen LogP contribution in [0.25, 0.3) is 0 Å². The summed E-state index contributed by atoms with van der Waals surface area (Å²) in [5.41, 5.74) is 0. The maximum Gasteiger partial charge on any atom is 0.306 e. The first-order chi connectivity index (χ1) is 38.0. The van der Waals surface area contributed by atoms with Crippen LogP contribution in [0.5, 0.6) is 0 Å². The van der Waals surface area contributed by atoms with Gasteiger partial charge in [0.1, 0.15) is 13.2 Å². The zero-order valence-corrected chi connectivity index (χ0v) is 49.1. The highest BCUT2D eigenvalue weighted by Crippen LogP contribution is 2.12. The van der Waals surface area contributed by atoms with E-state index in [2.05, 4.69) is 191 Å². The minimum absolute atomic E-state index is 0.132. The second-order valence-corrected chi connectivity index (χ2v) is 19.5. The number of carbonyl (C=O) groups is 3. The molecule has 0 spiro atoms. The molecule has 0 N–H and O–H groups in total. The smallest absolute Gasteiger partial charge is 0.306 e. The largest absolute Gasteiger partial charge is 0.462 e. The van der Waals surface area contributed by atoms with E-state index >= 15 is 0 Å². The van der Waals surface area contributed by atoms with Gasteiger partial charge >= 0.3 is 17.9 Å². The first-order valence-corrected chi connectivity index (χ1v) is 30.6. The second-order valence-electron chi connectivity index (χ2n) is 19.5. The van der Waals surface area contributed by atoms with Crippen molar-refractivity contribution in [2.75, 3.05) is 13.2 Å². The third-order valence-electron chi connectivity index (χ3n) is 12.2. The van der Waals surface area contributed by atoms with Crippen molar-refractivity contribution < 1.29 is 28.6 Å². The molecule has 0 saturated heterocycles. The Labute approximate surface area is 472 Å². The Kier molecular flexibility index (Phi) is 59.0. The van der Waals surface area contributed by atoms with Gasteiger partial charge in [-0.3, -0.25) is 14.4 Å². The van der Waals surface area contributed by atoms with E-state index in [4.69, 9.17) is 14.2 Å². The fraction of sp³-hybridized carbons (Fsp3) is 0.563. The van der Waals surface area contributed by atoms with E-state index in [-0.39, 0.29) is 50.4 Å². The van der Waals surface area contributed by atoms with Crippen molar-refractivity contribution >= 4 is 17.9 Å². The third kappa shape index (κ3) is 61.5. The Balaban J connectivity index is 4.59. The molecule has 77 heavy (non-hydrogen) atoms. The van der Waals surface area contributed by atoms with Crippen molar-refractivity contribution in [3.8, 4) is 0 Å². The summed E-state index contributed by atoms with van der Waals surface area (Å²) < 4.78 is 16.8. The molecule has 0 aromatic heterocycles. The van der Waals surface area contributed by atoms with E-state index in [1.54, 1.807) is 0 Å². The van der Waals surface area contributed by atoms with Crippen LogP contribution in [-0.2, 0) is 28.6 Å². The Morgan fingerprint density at radius 1 is 0.273 bits per heavy atom. The topological polar surface area (TPSA) is 78.9 Å². The van der Waals surface area contributed by atoms with E-state index in [0.717, 1.165) is 135 Å². The van der Waals surface area contributed by atoms with Crippen LogP contribution in [0.15, 0.2) is 170 Å². The van der Waals surface area contributed by atoms with Crippen LogP contribution >= 0.6 is 0 Å². The van der Waals surface area contributed by atoms with Crippen LogP contribution in [0.3, 0.4) is 0 Å². The van der Waals surface area contributed by atoms with Crippen LogP contribution in [-0.4, -0.2) is 37.2 Å². The zero-order chi connectivity index (χ0) is 55.7. The molecular formula is C71H110O6. The maximum absolute atomic E-state index is 12.9. The quantitative estimate of drug-likeness (QED) is 0.0261. The summed E-state index contributed by atoms with van der Waals surface area (Å²) in [6.45, 7) is 6.29. The monoisotopic (exact) mass is 1060 g/mol. The normalized spacial score (nSPS) is 13.3. The summed E-state index contributed by atoms with van der Waals surface area (Å²) in [4.78, 5) is 38.2. The average molecular weight is 1060 g/mol. The van der Waals surface area contributed by atoms with Gasteiger partial charge in [0.15, 0.2) is 6.10 Å². The summed E-state index contributed by atoms with van der Waals surface area (Å²) in [7, 11) is 0. The first kappa shape index (κ1) is 71.8. The summed E-state index contributed by atoms with van der Waals surface area (Å²) in [5, 5.41) is 0. The summed E-state index contributed by atoms with van der Waals surface area (Å²) in [5.74, 6) is -1.05. The molecule has 0 fully saturated rings. The molecule has 0 saturated carbocycles. The van der Waals surface area contributed by atoms with Crippen LogP contribution in [0.2, 0.25) is 0 Å². The molecule has 0 aromatic carbocycles. The average Bonchev–Trinajstić information content (AvgIpc) is 3.43. The Morgan fingerprint density at radius 3 is 0.870 bits per heavy atom. The molecule has 0 aliphatic rings. The van der Waals surface area contributed by atoms with E-state index in [9.17, 15) is 14.4 Å². The van der Waals surface area contributed by atoms with Crippen LogP contribution in [0.4, 0.5) is 0 Å². The van der Waals surface area contributed by atoms with E-state index in [1.165, 1.54) is 51.4 Å². The minimum atomic E-state index is -0.837. The van der Waals surface area contributed by atoms with Crippen molar-refractivity contribution in [1.82, 2.24) is 0 Å². The first-order valence-electron chi connectivity index (χ1n) is 30.6. The van der Waals surface area contributed by atoms with Gasteiger partial charge in [-0.15, -0.1) is 0 Å². The molecule has 0 aliphatic carbocycles. The van der Waals surface area contributed by atoms with Gasteiger partial charge in [-0.05, 0) is 148 Å². The standard InChI is InChI=1S/C71H110O6/c1-4-7-10-13-16-19-22-25-28-30-32-34-35-37-38-40-43-46-49-52-55-58-61-64-70(73)76-67-68(66-75-69(72)63-60-57-54-51-48-45-42-27-24-21-18-15-12-9-6-3)77-71(74)65-62-59-56-53-50-47-44-41-39-36-33-31-29-26-23-20-17-14-11-8-5-2/h7,9-10,12,16,18-19,21,23,25-28,31-34,37-39,41-43,46,48,51-52,55,68H,4-6,8,11,13-15,17,20,22,24,29-30,35-36,40,44-45,47,49-50,53-54,56-67H2,1-3H3/b10-7-,12-9-,19-16-,21-18-,26-23-,28-25-,33-31-,34-32-,38-37-,41-39-,42-27-,46-43-,51-48-,55-52-. The van der Waals surface area contributed by atoms with E-state index < -0.39 is 6.10 Å². The molecule has 6 nitrogen and oxygen atoms in total. The number of carbonyl (C=O) groups excluding carboxylic acids is 3. The summed E-state index contributed by atoms with van der Waals surface area (Å²) >= 11 is 0. The number of unbranched alkanes of at least 4 members (excludes halogenated alkanes) is 14. The Morgan fingerprint density at radius 2 is 0.519 bits per heavy atom. The fourth-order valence-electron chi connectivity index (χ4n) is 7.66. The highest BCUT2D eigenvalue weighted by molar-refractivity contribution is 5.71. The predicted molar refractivity (Wildman–Crippen MR) is 334 cm³/mol. The molecule has 0 radical (unpaired) electrons. The van der Waals surface area contributed by atoms with Gasteiger partial charge in [0.25, 0.3) is 0 Å². The molecule has 0 bridgehead atoms. The third-order valence-corrected chi connectivity index (χ3v) is 12.2. The summed E-state index contributed by atoms with van der Waals surface area (Å²) in [6, 6.07) is 0. The molecule has 0 aliphatic heterocycles. The highest BCUT2D eigenvalue weighted by atomic mass is 16.6. The molecule has 0 rings (SSSR count). The number of allylic oxidation sites excluding steroid dienone is 28.